The Morgan fingerprint density at radius 3 is 1.76 bits per heavy atom. The molecule has 0 unspecified atom stereocenters. The zero-order chi connectivity index (χ0) is 37.9. The first-order valence-corrected chi connectivity index (χ1v) is 20.1. The van der Waals surface area contributed by atoms with E-state index in [0.29, 0.717) is 17.5 Å². The fraction of sp³-hybridized carbons (Fsp3) is 0. The molecule has 0 saturated heterocycles. The lowest BCUT2D eigenvalue weighted by atomic mass is 10.1. The van der Waals surface area contributed by atoms with Crippen LogP contribution in [0.1, 0.15) is 0 Å². The van der Waals surface area contributed by atoms with Gasteiger partial charge >= 0.3 is 0 Å². The van der Waals surface area contributed by atoms with E-state index in [9.17, 15) is 0 Å². The number of hydrogen-bond donors (Lipinski definition) is 0. The summed E-state index contributed by atoms with van der Waals surface area (Å²) in [6, 6.07) is 59.0. The summed E-state index contributed by atoms with van der Waals surface area (Å²) in [5.41, 5.74) is 9.30. The molecule has 0 amide bonds. The second-order valence-corrected chi connectivity index (χ2v) is 15.8. The maximum absolute atomic E-state index is 6.55. The molecule has 270 valence electrons. The lowest BCUT2D eigenvalue weighted by molar-refractivity contribution is 0.656. The van der Waals surface area contributed by atoms with Gasteiger partial charge in [0.25, 0.3) is 0 Å². The summed E-state index contributed by atoms with van der Waals surface area (Å²) in [7, 11) is 0. The molecular weight excluding hydrogens is 733 g/mol. The van der Waals surface area contributed by atoms with Gasteiger partial charge in [-0.1, -0.05) is 109 Å². The highest BCUT2D eigenvalue weighted by Crippen LogP contribution is 2.44. The van der Waals surface area contributed by atoms with Gasteiger partial charge in [0, 0.05) is 80.9 Å². The molecule has 0 bridgehead atoms. The molecule has 13 aromatic rings. The number of fused-ring (bicyclic) bond motifs is 13. The Balaban J connectivity index is 0.964. The lowest BCUT2D eigenvalue weighted by Crippen LogP contribution is -2.00. The average Bonchev–Trinajstić information content (AvgIpc) is 4.04. The first-order chi connectivity index (χ1) is 28.7. The monoisotopic (exact) mass is 760 g/mol. The van der Waals surface area contributed by atoms with E-state index in [-0.39, 0.29) is 0 Å². The number of para-hydroxylation sites is 1. The molecule has 5 heterocycles. The Labute approximate surface area is 333 Å². The lowest BCUT2D eigenvalue weighted by Gasteiger charge is -2.08. The molecule has 58 heavy (non-hydrogen) atoms. The van der Waals surface area contributed by atoms with Crippen molar-refractivity contribution in [2.24, 2.45) is 0 Å². The van der Waals surface area contributed by atoms with Crippen LogP contribution in [-0.2, 0) is 0 Å². The zero-order valence-corrected chi connectivity index (χ0v) is 31.5. The van der Waals surface area contributed by atoms with E-state index in [0.717, 1.165) is 66.3 Å². The highest BCUT2D eigenvalue weighted by atomic mass is 32.1. The highest BCUT2D eigenvalue weighted by Gasteiger charge is 2.20. The third-order valence-electron chi connectivity index (χ3n) is 11.4. The minimum absolute atomic E-state index is 0.584. The largest absolute Gasteiger partial charge is 0.456 e. The van der Waals surface area contributed by atoms with Gasteiger partial charge in [-0.2, -0.15) is 0 Å². The SMILES string of the molecule is c1ccc(-c2nc(-c3ccccc3)nc(-c3ccc4c(c3)oc3cc5oc6ccc(-n7c8ccccc8c8c9sc%10ccccc%10c9ccc87)cc6c5cc34)n2)cc1. The van der Waals surface area contributed by atoms with Gasteiger partial charge < -0.3 is 13.4 Å². The summed E-state index contributed by atoms with van der Waals surface area (Å²) in [6.07, 6.45) is 0. The van der Waals surface area contributed by atoms with Crippen molar-refractivity contribution >= 4 is 97.2 Å². The third-order valence-corrected chi connectivity index (χ3v) is 12.6. The summed E-state index contributed by atoms with van der Waals surface area (Å²) in [5, 5.41) is 9.30. The molecule has 0 atom stereocenters. The van der Waals surface area contributed by atoms with Crippen LogP contribution in [0.2, 0.25) is 0 Å². The Morgan fingerprint density at radius 2 is 0.983 bits per heavy atom. The fourth-order valence-corrected chi connectivity index (χ4v) is 10.0. The summed E-state index contributed by atoms with van der Waals surface area (Å²) >= 11 is 1.87. The van der Waals surface area contributed by atoms with Crippen molar-refractivity contribution in [2.45, 2.75) is 0 Å². The molecule has 7 heteroatoms. The smallest absolute Gasteiger partial charge is 0.164 e. The van der Waals surface area contributed by atoms with Crippen molar-refractivity contribution in [2.75, 3.05) is 0 Å². The van der Waals surface area contributed by atoms with Gasteiger partial charge in [0.2, 0.25) is 0 Å². The molecule has 0 aliphatic rings. The number of hydrogen-bond acceptors (Lipinski definition) is 6. The average molecular weight is 761 g/mol. The maximum Gasteiger partial charge on any atom is 0.164 e. The fourth-order valence-electron chi connectivity index (χ4n) is 8.76. The quantitative estimate of drug-likeness (QED) is 0.179. The van der Waals surface area contributed by atoms with E-state index in [1.165, 1.54) is 42.0 Å². The maximum atomic E-state index is 6.55. The van der Waals surface area contributed by atoms with Gasteiger partial charge in [-0.25, -0.2) is 15.0 Å². The van der Waals surface area contributed by atoms with Gasteiger partial charge in [0.15, 0.2) is 17.5 Å². The molecule has 0 aliphatic heterocycles. The standard InChI is InChI=1S/C51H28N4O2S/c1-3-11-29(12-4-1)49-52-50(30-13-5-2-6-14-30)54-51(53-49)31-19-21-33-38-27-39-37-26-32(20-24-42(37)56-45(39)28-44(38)57-43(33)25-31)55-40-17-9-7-16-36(40)47-41(55)23-22-35-34-15-8-10-18-46(34)58-48(35)47/h1-28H. The summed E-state index contributed by atoms with van der Waals surface area (Å²) in [5.74, 6) is 1.82. The number of aromatic nitrogens is 4. The predicted octanol–water partition coefficient (Wildman–Crippen LogP) is 14.1. The second-order valence-electron chi connectivity index (χ2n) is 14.8. The van der Waals surface area contributed by atoms with Gasteiger partial charge in [0.05, 0.1) is 11.0 Å². The van der Waals surface area contributed by atoms with E-state index < -0.39 is 0 Å². The molecule has 0 aliphatic carbocycles. The Bertz CT molecular complexity index is 3740. The first-order valence-electron chi connectivity index (χ1n) is 19.3. The minimum Gasteiger partial charge on any atom is -0.456 e. The van der Waals surface area contributed by atoms with Gasteiger partial charge in [-0.15, -0.1) is 11.3 Å². The number of benzene rings is 8. The Morgan fingerprint density at radius 1 is 0.379 bits per heavy atom. The van der Waals surface area contributed by atoms with Crippen molar-refractivity contribution < 1.29 is 8.83 Å². The second kappa shape index (κ2) is 11.9. The first kappa shape index (κ1) is 31.6. The number of thiophene rings is 1. The van der Waals surface area contributed by atoms with Crippen LogP contribution in [0.15, 0.2) is 179 Å². The van der Waals surface area contributed by atoms with E-state index >= 15 is 0 Å². The van der Waals surface area contributed by atoms with E-state index in [4.69, 9.17) is 23.8 Å². The molecule has 0 radical (unpaired) electrons. The van der Waals surface area contributed by atoms with Crippen molar-refractivity contribution in [1.29, 1.82) is 0 Å². The molecule has 8 aromatic carbocycles. The van der Waals surface area contributed by atoms with Crippen molar-refractivity contribution in [3.8, 4) is 39.9 Å². The van der Waals surface area contributed by atoms with Crippen LogP contribution in [0.4, 0.5) is 0 Å². The molecular formula is C51H28N4O2S. The van der Waals surface area contributed by atoms with Crippen LogP contribution in [0.3, 0.4) is 0 Å². The van der Waals surface area contributed by atoms with E-state index in [2.05, 4.69) is 102 Å². The molecule has 5 aromatic heterocycles. The minimum atomic E-state index is 0.584. The van der Waals surface area contributed by atoms with Gasteiger partial charge in [-0.3, -0.25) is 0 Å². The number of rotatable bonds is 4. The molecule has 0 N–H and O–H groups in total. The molecule has 6 nitrogen and oxygen atoms in total. The van der Waals surface area contributed by atoms with Crippen LogP contribution in [-0.4, -0.2) is 19.5 Å². The molecule has 0 spiro atoms. The molecule has 0 saturated carbocycles. The topological polar surface area (TPSA) is 69.9 Å². The third kappa shape index (κ3) is 4.62. The zero-order valence-electron chi connectivity index (χ0n) is 30.7. The van der Waals surface area contributed by atoms with Crippen molar-refractivity contribution in [3.63, 3.8) is 0 Å². The van der Waals surface area contributed by atoms with Crippen LogP contribution < -0.4 is 0 Å². The van der Waals surface area contributed by atoms with Crippen LogP contribution in [0.25, 0.3) is 126 Å². The van der Waals surface area contributed by atoms with Gasteiger partial charge in [-0.05, 0) is 54.6 Å². The summed E-state index contributed by atoms with van der Waals surface area (Å²) in [6.45, 7) is 0. The van der Waals surface area contributed by atoms with Gasteiger partial charge in [0.1, 0.15) is 22.3 Å². The molecule has 13 rings (SSSR count). The number of nitrogens with zero attached hydrogens (tertiary/aromatic N) is 4. The van der Waals surface area contributed by atoms with Crippen LogP contribution in [0.5, 0.6) is 0 Å². The molecule has 0 fully saturated rings. The normalized spacial score (nSPS) is 12.1. The predicted molar refractivity (Wildman–Crippen MR) is 238 cm³/mol. The van der Waals surface area contributed by atoms with Crippen molar-refractivity contribution in [3.05, 3.63) is 170 Å². The summed E-state index contributed by atoms with van der Waals surface area (Å²) < 4.78 is 18.1. The number of furan rings is 2. The van der Waals surface area contributed by atoms with Crippen molar-refractivity contribution in [1.82, 2.24) is 19.5 Å². The Hall–Kier alpha value is -7.61. The highest BCUT2D eigenvalue weighted by molar-refractivity contribution is 7.26. The summed E-state index contributed by atoms with van der Waals surface area (Å²) in [4.78, 5) is 14.7. The van der Waals surface area contributed by atoms with E-state index in [1.807, 2.05) is 84.1 Å². The van der Waals surface area contributed by atoms with E-state index in [1.54, 1.807) is 0 Å². The van der Waals surface area contributed by atoms with Crippen LogP contribution >= 0.6 is 11.3 Å². The Kier molecular flexibility index (Phi) is 6.50. The van der Waals surface area contributed by atoms with Crippen LogP contribution in [0, 0.1) is 0 Å².